The normalized spacial score (nSPS) is 18.7. The maximum absolute atomic E-state index is 11.8. The Bertz CT molecular complexity index is 518. The van der Waals surface area contributed by atoms with Crippen LogP contribution in [-0.4, -0.2) is 16.9 Å². The van der Waals surface area contributed by atoms with E-state index >= 15 is 0 Å². The molecule has 0 N–H and O–H groups in total. The molecule has 2 rings (SSSR count). The van der Waals surface area contributed by atoms with Gasteiger partial charge in [0.2, 0.25) is 5.91 Å². The van der Waals surface area contributed by atoms with Crippen LogP contribution in [0.4, 0.5) is 11.4 Å². The van der Waals surface area contributed by atoms with Gasteiger partial charge in [0, 0.05) is 24.2 Å². The summed E-state index contributed by atoms with van der Waals surface area (Å²) in [7, 11) is 0. The molecule has 0 saturated carbocycles. The molecular formula is C12H11N3O3. The van der Waals surface area contributed by atoms with Crippen molar-refractivity contribution in [2.24, 2.45) is 0 Å². The highest BCUT2D eigenvalue weighted by Gasteiger charge is 2.31. The lowest BCUT2D eigenvalue weighted by molar-refractivity contribution is -0.384. The lowest BCUT2D eigenvalue weighted by Gasteiger charge is -2.22. The topological polar surface area (TPSA) is 87.2 Å². The molecule has 1 amide bonds. The number of amides is 1. The van der Waals surface area contributed by atoms with E-state index in [1.807, 2.05) is 0 Å². The lowest BCUT2D eigenvalue weighted by Crippen LogP contribution is -2.32. The summed E-state index contributed by atoms with van der Waals surface area (Å²) in [5.74, 6) is -0.0379. The first-order valence-electron chi connectivity index (χ1n) is 5.57. The number of hydrogen-bond donors (Lipinski definition) is 0. The molecule has 0 radical (unpaired) electrons. The Morgan fingerprint density at radius 1 is 1.44 bits per heavy atom. The fourth-order valence-electron chi connectivity index (χ4n) is 2.13. The van der Waals surface area contributed by atoms with Gasteiger partial charge in [-0.3, -0.25) is 14.9 Å². The first-order chi connectivity index (χ1) is 8.63. The van der Waals surface area contributed by atoms with Gasteiger partial charge in [0.25, 0.3) is 5.69 Å². The smallest absolute Gasteiger partial charge is 0.269 e. The standard InChI is InChI=1S/C12H11N3O3/c13-8-7-10-5-6-12(16)14(10)9-1-3-11(4-2-9)15(17)18/h1-4,10H,5-7H2. The number of carbonyl (C=O) groups excluding carboxylic acids is 1. The van der Waals surface area contributed by atoms with Crippen molar-refractivity contribution in [1.82, 2.24) is 0 Å². The minimum atomic E-state index is -0.484. The molecule has 6 nitrogen and oxygen atoms in total. The van der Waals surface area contributed by atoms with Crippen molar-refractivity contribution in [3.05, 3.63) is 34.4 Å². The van der Waals surface area contributed by atoms with Crippen molar-refractivity contribution in [2.75, 3.05) is 4.90 Å². The average Bonchev–Trinajstić information content (AvgIpc) is 2.71. The molecule has 18 heavy (non-hydrogen) atoms. The largest absolute Gasteiger partial charge is 0.308 e. The summed E-state index contributed by atoms with van der Waals surface area (Å²) in [6.07, 6.45) is 1.36. The average molecular weight is 245 g/mol. The number of hydrogen-bond acceptors (Lipinski definition) is 4. The van der Waals surface area contributed by atoms with Crippen LogP contribution in [0, 0.1) is 21.4 Å². The van der Waals surface area contributed by atoms with Crippen molar-refractivity contribution in [1.29, 1.82) is 5.26 Å². The zero-order chi connectivity index (χ0) is 13.1. The third-order valence-electron chi connectivity index (χ3n) is 2.99. The van der Waals surface area contributed by atoms with Crippen molar-refractivity contribution in [3.8, 4) is 6.07 Å². The summed E-state index contributed by atoms with van der Waals surface area (Å²) < 4.78 is 0. The summed E-state index contributed by atoms with van der Waals surface area (Å²) in [4.78, 5) is 23.4. The third-order valence-corrected chi connectivity index (χ3v) is 2.99. The van der Waals surface area contributed by atoms with Crippen LogP contribution >= 0.6 is 0 Å². The molecule has 6 heteroatoms. The minimum Gasteiger partial charge on any atom is -0.308 e. The maximum Gasteiger partial charge on any atom is 0.269 e. The maximum atomic E-state index is 11.8. The van der Waals surface area contributed by atoms with Crippen LogP contribution < -0.4 is 4.90 Å². The summed E-state index contributed by atoms with van der Waals surface area (Å²) in [5.41, 5.74) is 0.602. The molecule has 0 aromatic heterocycles. The second-order valence-corrected chi connectivity index (χ2v) is 4.09. The molecule has 1 fully saturated rings. The Balaban J connectivity index is 2.26. The van der Waals surface area contributed by atoms with Crippen LogP contribution in [0.25, 0.3) is 0 Å². The van der Waals surface area contributed by atoms with Gasteiger partial charge in [0.05, 0.1) is 23.5 Å². The molecule has 1 heterocycles. The number of rotatable bonds is 3. The van der Waals surface area contributed by atoms with E-state index in [9.17, 15) is 14.9 Å². The van der Waals surface area contributed by atoms with Gasteiger partial charge in [-0.1, -0.05) is 0 Å². The Morgan fingerprint density at radius 2 is 2.11 bits per heavy atom. The molecule has 0 spiro atoms. The Hall–Kier alpha value is -2.42. The SMILES string of the molecule is N#CCC1CCC(=O)N1c1ccc([N+](=O)[O-])cc1. The van der Waals surface area contributed by atoms with Gasteiger partial charge in [-0.25, -0.2) is 0 Å². The fraction of sp³-hybridized carbons (Fsp3) is 0.333. The van der Waals surface area contributed by atoms with Crippen LogP contribution in [0.3, 0.4) is 0 Å². The highest BCUT2D eigenvalue weighted by Crippen LogP contribution is 2.29. The van der Waals surface area contributed by atoms with Crippen LogP contribution in [0.2, 0.25) is 0 Å². The highest BCUT2D eigenvalue weighted by molar-refractivity contribution is 5.96. The van der Waals surface area contributed by atoms with E-state index in [0.717, 1.165) is 0 Å². The molecule has 1 aliphatic heterocycles. The van der Waals surface area contributed by atoms with E-state index in [4.69, 9.17) is 5.26 Å². The van der Waals surface area contributed by atoms with Crippen LogP contribution in [0.1, 0.15) is 19.3 Å². The first-order valence-corrected chi connectivity index (χ1v) is 5.57. The molecule has 92 valence electrons. The summed E-state index contributed by atoms with van der Waals surface area (Å²) in [6.45, 7) is 0. The summed E-state index contributed by atoms with van der Waals surface area (Å²) in [5, 5.41) is 19.3. The van der Waals surface area contributed by atoms with E-state index < -0.39 is 4.92 Å². The molecule has 0 bridgehead atoms. The molecule has 0 aliphatic carbocycles. The molecule has 1 unspecified atom stereocenters. The van der Waals surface area contributed by atoms with E-state index in [1.165, 1.54) is 12.1 Å². The monoisotopic (exact) mass is 245 g/mol. The van der Waals surface area contributed by atoms with Crippen molar-refractivity contribution in [3.63, 3.8) is 0 Å². The fourth-order valence-corrected chi connectivity index (χ4v) is 2.13. The number of nitriles is 1. The van der Waals surface area contributed by atoms with Gasteiger partial charge < -0.3 is 4.90 Å². The number of carbonyl (C=O) groups is 1. The minimum absolute atomic E-state index is 0.0118. The van der Waals surface area contributed by atoms with Crippen molar-refractivity contribution < 1.29 is 9.72 Å². The Morgan fingerprint density at radius 3 is 2.67 bits per heavy atom. The zero-order valence-corrected chi connectivity index (χ0v) is 9.57. The van der Waals surface area contributed by atoms with Gasteiger partial charge in [-0.15, -0.1) is 0 Å². The molecule has 1 aromatic rings. The van der Waals surface area contributed by atoms with E-state index in [2.05, 4.69) is 6.07 Å². The number of non-ortho nitro benzene ring substituents is 1. The number of nitro groups is 1. The van der Waals surface area contributed by atoms with Crippen molar-refractivity contribution >= 4 is 17.3 Å². The highest BCUT2D eigenvalue weighted by atomic mass is 16.6. The Labute approximate surface area is 104 Å². The number of anilines is 1. The molecule has 1 atom stereocenters. The Kier molecular flexibility index (Phi) is 3.24. The number of benzene rings is 1. The molecular weight excluding hydrogens is 234 g/mol. The quantitative estimate of drug-likeness (QED) is 0.602. The predicted octanol–water partition coefficient (Wildman–Crippen LogP) is 2.00. The third kappa shape index (κ3) is 2.15. The van der Waals surface area contributed by atoms with Crippen LogP contribution in [-0.2, 0) is 4.79 Å². The van der Waals surface area contributed by atoms with Gasteiger partial charge in [0.15, 0.2) is 0 Å². The van der Waals surface area contributed by atoms with E-state index in [0.29, 0.717) is 18.5 Å². The summed E-state index contributed by atoms with van der Waals surface area (Å²) in [6, 6.07) is 7.76. The van der Waals surface area contributed by atoms with Gasteiger partial charge in [-0.2, -0.15) is 5.26 Å². The zero-order valence-electron chi connectivity index (χ0n) is 9.57. The first kappa shape index (κ1) is 12.0. The number of nitro benzene ring substituents is 1. The van der Waals surface area contributed by atoms with E-state index in [1.54, 1.807) is 17.0 Å². The second-order valence-electron chi connectivity index (χ2n) is 4.09. The van der Waals surface area contributed by atoms with Gasteiger partial charge in [0.1, 0.15) is 0 Å². The molecule has 1 aromatic carbocycles. The molecule has 1 aliphatic rings. The van der Waals surface area contributed by atoms with E-state index in [-0.39, 0.29) is 24.1 Å². The van der Waals surface area contributed by atoms with Gasteiger partial charge in [-0.05, 0) is 18.6 Å². The molecule has 1 saturated heterocycles. The second kappa shape index (κ2) is 4.84. The summed E-state index contributed by atoms with van der Waals surface area (Å²) >= 11 is 0. The van der Waals surface area contributed by atoms with Crippen molar-refractivity contribution in [2.45, 2.75) is 25.3 Å². The van der Waals surface area contributed by atoms with Crippen LogP contribution in [0.5, 0.6) is 0 Å². The lowest BCUT2D eigenvalue weighted by atomic mass is 10.1. The van der Waals surface area contributed by atoms with Crippen LogP contribution in [0.15, 0.2) is 24.3 Å². The predicted molar refractivity (Wildman–Crippen MR) is 63.8 cm³/mol. The van der Waals surface area contributed by atoms with Gasteiger partial charge >= 0.3 is 0 Å². The number of nitrogens with zero attached hydrogens (tertiary/aromatic N) is 3.